The van der Waals surface area contributed by atoms with E-state index in [4.69, 9.17) is 0 Å². The van der Waals surface area contributed by atoms with Crippen molar-refractivity contribution >= 4 is 23.0 Å². The third-order valence-electron chi connectivity index (χ3n) is 4.00. The van der Waals surface area contributed by atoms with Gasteiger partial charge >= 0.3 is 0 Å². The molecule has 6 heteroatoms. The van der Waals surface area contributed by atoms with Crippen LogP contribution in [0.4, 0.5) is 0 Å². The van der Waals surface area contributed by atoms with Crippen LogP contribution in [0.25, 0.3) is 0 Å². The summed E-state index contributed by atoms with van der Waals surface area (Å²) in [5, 5.41) is 4.52. The summed E-state index contributed by atoms with van der Waals surface area (Å²) in [4.78, 5) is 27.0. The third-order valence-corrected chi connectivity index (χ3v) is 5.18. The number of rotatable bonds is 3. The Kier molecular flexibility index (Phi) is 3.87. The van der Waals surface area contributed by atoms with Crippen LogP contribution >= 0.6 is 11.3 Å². The first-order chi connectivity index (χ1) is 10.5. The van der Waals surface area contributed by atoms with Crippen molar-refractivity contribution in [3.8, 4) is 0 Å². The number of Topliss-reactive ketones (excluding diaryl/α,β-unsaturated/α-hetero) is 1. The van der Waals surface area contributed by atoms with Crippen molar-refractivity contribution in [2.45, 2.75) is 33.2 Å². The lowest BCUT2D eigenvalue weighted by atomic mass is 10.2. The van der Waals surface area contributed by atoms with Crippen molar-refractivity contribution < 1.29 is 9.59 Å². The fourth-order valence-corrected chi connectivity index (χ4v) is 3.81. The van der Waals surface area contributed by atoms with Crippen LogP contribution in [-0.4, -0.2) is 39.5 Å². The van der Waals surface area contributed by atoms with Crippen LogP contribution in [0.5, 0.6) is 0 Å². The summed E-state index contributed by atoms with van der Waals surface area (Å²) in [5.41, 5.74) is 2.14. The molecule has 22 heavy (non-hydrogen) atoms. The van der Waals surface area contributed by atoms with E-state index in [0.717, 1.165) is 24.4 Å². The maximum Gasteiger partial charge on any atom is 0.264 e. The molecule has 0 saturated carbocycles. The van der Waals surface area contributed by atoms with Crippen LogP contribution in [0.1, 0.15) is 50.1 Å². The molecule has 1 unspecified atom stereocenters. The molecular weight excluding hydrogens is 298 g/mol. The van der Waals surface area contributed by atoms with Gasteiger partial charge in [-0.25, -0.2) is 0 Å². The zero-order chi connectivity index (χ0) is 15.9. The van der Waals surface area contributed by atoms with E-state index in [1.807, 2.05) is 23.4 Å². The Morgan fingerprint density at radius 1 is 1.27 bits per heavy atom. The number of amides is 1. The van der Waals surface area contributed by atoms with Gasteiger partial charge in [-0.05, 0) is 45.4 Å². The average Bonchev–Trinajstić information content (AvgIpc) is 3.16. The topological polar surface area (TPSA) is 55.2 Å². The van der Waals surface area contributed by atoms with Gasteiger partial charge in [-0.15, -0.1) is 11.3 Å². The number of aromatic nitrogens is 2. The zero-order valence-electron chi connectivity index (χ0n) is 13.0. The Morgan fingerprint density at radius 2 is 2.00 bits per heavy atom. The second kappa shape index (κ2) is 5.68. The van der Waals surface area contributed by atoms with Crippen molar-refractivity contribution in [3.63, 3.8) is 0 Å². The zero-order valence-corrected chi connectivity index (χ0v) is 13.8. The molecule has 1 atom stereocenters. The molecule has 1 aliphatic heterocycles. The average molecular weight is 317 g/mol. The second-order valence-electron chi connectivity index (χ2n) is 5.79. The molecule has 0 spiro atoms. The van der Waals surface area contributed by atoms with Crippen LogP contribution in [0.15, 0.2) is 18.2 Å². The van der Waals surface area contributed by atoms with Crippen molar-refractivity contribution in [1.82, 2.24) is 14.7 Å². The summed E-state index contributed by atoms with van der Waals surface area (Å²) in [6, 6.07) is 5.78. The fourth-order valence-electron chi connectivity index (χ4n) is 2.94. The molecule has 0 aromatic carbocycles. The lowest BCUT2D eigenvalue weighted by Crippen LogP contribution is -2.28. The summed E-state index contributed by atoms with van der Waals surface area (Å²) in [5.74, 6) is 0.0209. The highest BCUT2D eigenvalue weighted by atomic mass is 32.1. The molecule has 2 aromatic rings. The minimum absolute atomic E-state index is 0.00555. The molecular formula is C16H19N3O2S. The molecule has 5 nitrogen and oxygen atoms in total. The predicted octanol–water partition coefficient (Wildman–Crippen LogP) is 2.85. The smallest absolute Gasteiger partial charge is 0.264 e. The lowest BCUT2D eigenvalue weighted by molar-refractivity contribution is 0.0791. The van der Waals surface area contributed by atoms with Crippen LogP contribution in [0.3, 0.4) is 0 Å². The molecule has 0 bridgehead atoms. The molecule has 1 aliphatic rings. The molecule has 0 radical (unpaired) electrons. The van der Waals surface area contributed by atoms with E-state index >= 15 is 0 Å². The third kappa shape index (κ3) is 2.70. The summed E-state index contributed by atoms with van der Waals surface area (Å²) in [6.07, 6.45) is 0.915. The van der Waals surface area contributed by atoms with Crippen molar-refractivity contribution in [3.05, 3.63) is 39.3 Å². The number of likely N-dealkylation sites (tertiary alicyclic amines) is 1. The van der Waals surface area contributed by atoms with E-state index in [1.165, 1.54) is 18.3 Å². The normalized spacial score (nSPS) is 18.0. The fraction of sp³-hybridized carbons (Fsp3) is 0.438. The van der Waals surface area contributed by atoms with E-state index < -0.39 is 0 Å². The van der Waals surface area contributed by atoms with Gasteiger partial charge in [0, 0.05) is 18.8 Å². The highest BCUT2D eigenvalue weighted by molar-refractivity contribution is 7.15. The van der Waals surface area contributed by atoms with E-state index in [9.17, 15) is 9.59 Å². The molecule has 1 amide bonds. The van der Waals surface area contributed by atoms with Gasteiger partial charge in [0.2, 0.25) is 0 Å². The van der Waals surface area contributed by atoms with Crippen LogP contribution in [0.2, 0.25) is 0 Å². The molecule has 1 fully saturated rings. The minimum atomic E-state index is 0.00555. The van der Waals surface area contributed by atoms with Gasteiger partial charge in [0.1, 0.15) is 0 Å². The minimum Gasteiger partial charge on any atom is -0.336 e. The standard InChI is InChI=1S/C16H19N3O2S/c1-10-8-11(2)19(17-10)13-6-7-18(9-13)16(21)15-5-4-14(22-15)12(3)20/h4-5,8,13H,6-7,9H2,1-3H3. The summed E-state index contributed by atoms with van der Waals surface area (Å²) in [6.45, 7) is 6.96. The van der Waals surface area contributed by atoms with Gasteiger partial charge in [-0.3, -0.25) is 14.3 Å². The Bertz CT molecular complexity index is 732. The lowest BCUT2D eigenvalue weighted by Gasteiger charge is -2.16. The first kappa shape index (κ1) is 15.0. The first-order valence-electron chi connectivity index (χ1n) is 7.38. The highest BCUT2D eigenvalue weighted by Gasteiger charge is 2.30. The number of hydrogen-bond donors (Lipinski definition) is 0. The van der Waals surface area contributed by atoms with Crippen LogP contribution in [-0.2, 0) is 0 Å². The number of aryl methyl sites for hydroxylation is 2. The number of ketones is 1. The van der Waals surface area contributed by atoms with Gasteiger partial charge in [0.15, 0.2) is 5.78 Å². The van der Waals surface area contributed by atoms with Gasteiger partial charge < -0.3 is 4.90 Å². The van der Waals surface area contributed by atoms with E-state index in [0.29, 0.717) is 16.3 Å². The Hall–Kier alpha value is -1.95. The van der Waals surface area contributed by atoms with E-state index in [2.05, 4.69) is 11.2 Å². The largest absolute Gasteiger partial charge is 0.336 e. The molecule has 3 heterocycles. The van der Waals surface area contributed by atoms with Gasteiger partial charge in [0.05, 0.1) is 21.5 Å². The molecule has 0 N–H and O–H groups in total. The molecule has 2 aromatic heterocycles. The van der Waals surface area contributed by atoms with Gasteiger partial charge in [0.25, 0.3) is 5.91 Å². The van der Waals surface area contributed by atoms with Gasteiger partial charge in [-0.2, -0.15) is 5.10 Å². The molecule has 0 aliphatic carbocycles. The Balaban J connectivity index is 1.73. The van der Waals surface area contributed by atoms with E-state index in [1.54, 1.807) is 12.1 Å². The second-order valence-corrected chi connectivity index (χ2v) is 6.87. The molecule has 1 saturated heterocycles. The van der Waals surface area contributed by atoms with Crippen LogP contribution in [0, 0.1) is 13.8 Å². The number of carbonyl (C=O) groups excluding carboxylic acids is 2. The first-order valence-corrected chi connectivity index (χ1v) is 8.20. The number of nitrogens with zero attached hydrogens (tertiary/aromatic N) is 3. The van der Waals surface area contributed by atoms with Crippen LogP contribution < -0.4 is 0 Å². The Labute approximate surface area is 133 Å². The highest BCUT2D eigenvalue weighted by Crippen LogP contribution is 2.26. The maximum atomic E-state index is 12.5. The summed E-state index contributed by atoms with van der Waals surface area (Å²) in [7, 11) is 0. The predicted molar refractivity (Wildman–Crippen MR) is 85.6 cm³/mol. The van der Waals surface area contributed by atoms with Gasteiger partial charge in [-0.1, -0.05) is 0 Å². The number of carbonyl (C=O) groups is 2. The van der Waals surface area contributed by atoms with E-state index in [-0.39, 0.29) is 17.7 Å². The summed E-state index contributed by atoms with van der Waals surface area (Å²) >= 11 is 1.28. The van der Waals surface area contributed by atoms with Crippen molar-refractivity contribution in [2.24, 2.45) is 0 Å². The van der Waals surface area contributed by atoms with Crippen molar-refractivity contribution in [2.75, 3.05) is 13.1 Å². The van der Waals surface area contributed by atoms with Crippen molar-refractivity contribution in [1.29, 1.82) is 0 Å². The number of thiophene rings is 1. The summed E-state index contributed by atoms with van der Waals surface area (Å²) < 4.78 is 2.03. The Morgan fingerprint density at radius 3 is 2.59 bits per heavy atom. The number of hydrogen-bond acceptors (Lipinski definition) is 4. The molecule has 116 valence electrons. The maximum absolute atomic E-state index is 12.5. The quantitative estimate of drug-likeness (QED) is 0.818. The monoisotopic (exact) mass is 317 g/mol. The SMILES string of the molecule is CC(=O)c1ccc(C(=O)N2CCC(n3nc(C)cc3C)C2)s1. The molecule has 3 rings (SSSR count).